The van der Waals surface area contributed by atoms with Gasteiger partial charge in [0, 0.05) is 31.9 Å². The maximum Gasteiger partial charge on any atom is 0.471 e. The van der Waals surface area contributed by atoms with Gasteiger partial charge in [0.25, 0.3) is 0 Å². The van der Waals surface area contributed by atoms with Crippen LogP contribution in [0, 0.1) is 0 Å². The van der Waals surface area contributed by atoms with Crippen LogP contribution in [-0.2, 0) is 14.8 Å². The van der Waals surface area contributed by atoms with Crippen molar-refractivity contribution < 1.29 is 26.4 Å². The van der Waals surface area contributed by atoms with E-state index in [1.807, 2.05) is 13.8 Å². The van der Waals surface area contributed by atoms with Gasteiger partial charge in [-0.15, -0.1) is 0 Å². The maximum absolute atomic E-state index is 13.2. The second-order valence-corrected chi connectivity index (χ2v) is 8.95. The summed E-state index contributed by atoms with van der Waals surface area (Å²) in [5, 5.41) is 0. The predicted molar refractivity (Wildman–Crippen MR) is 111 cm³/mol. The number of hydrogen-bond acceptors (Lipinski definition) is 4. The molecule has 31 heavy (non-hydrogen) atoms. The van der Waals surface area contributed by atoms with Gasteiger partial charge in [-0.2, -0.15) is 17.5 Å². The summed E-state index contributed by atoms with van der Waals surface area (Å²) in [5.41, 5.74) is 1.16. The molecule has 1 aliphatic heterocycles. The lowest BCUT2D eigenvalue weighted by Gasteiger charge is -2.31. The Morgan fingerprint density at radius 1 is 1.00 bits per heavy atom. The van der Waals surface area contributed by atoms with Crippen LogP contribution in [0.4, 0.5) is 18.9 Å². The summed E-state index contributed by atoms with van der Waals surface area (Å²) in [6, 6.07) is 14.1. The monoisotopic (exact) mass is 455 g/mol. The van der Waals surface area contributed by atoms with Gasteiger partial charge >= 0.3 is 12.1 Å². The number of carbonyl (C=O) groups is 1. The Hall–Kier alpha value is -2.59. The number of amides is 1. The Morgan fingerprint density at radius 2 is 1.58 bits per heavy atom. The third kappa shape index (κ3) is 4.54. The number of hydrogen-bond donors (Lipinski definition) is 0. The Balaban J connectivity index is 2.05. The highest BCUT2D eigenvalue weighted by atomic mass is 32.2. The van der Waals surface area contributed by atoms with E-state index in [4.69, 9.17) is 0 Å². The SMILES string of the molecule is CCN(CC)c1ccc(C2N(C(=O)C(F)(F)F)CCN2S(=O)(=O)c2ccccc2)cc1. The molecule has 0 N–H and O–H groups in total. The average Bonchev–Trinajstić information content (AvgIpc) is 3.20. The molecule has 2 aromatic rings. The van der Waals surface area contributed by atoms with Gasteiger partial charge in [-0.3, -0.25) is 4.79 Å². The van der Waals surface area contributed by atoms with Crippen molar-refractivity contribution in [2.24, 2.45) is 0 Å². The fraction of sp³-hybridized carbons (Fsp3) is 0.381. The van der Waals surface area contributed by atoms with Gasteiger partial charge in [0.2, 0.25) is 10.0 Å². The number of carbonyl (C=O) groups excluding carboxylic acids is 1. The van der Waals surface area contributed by atoms with Crippen LogP contribution in [0.25, 0.3) is 0 Å². The van der Waals surface area contributed by atoms with E-state index in [1.54, 1.807) is 30.3 Å². The molecule has 0 aliphatic carbocycles. The lowest BCUT2D eigenvalue weighted by molar-refractivity contribution is -0.187. The topological polar surface area (TPSA) is 60.9 Å². The summed E-state index contributed by atoms with van der Waals surface area (Å²) < 4.78 is 67.1. The second kappa shape index (κ2) is 8.88. The lowest BCUT2D eigenvalue weighted by Crippen LogP contribution is -2.43. The predicted octanol–water partition coefficient (Wildman–Crippen LogP) is 3.63. The summed E-state index contributed by atoms with van der Waals surface area (Å²) in [6.45, 7) is 4.85. The first-order valence-electron chi connectivity index (χ1n) is 9.90. The summed E-state index contributed by atoms with van der Waals surface area (Å²) >= 11 is 0. The fourth-order valence-electron chi connectivity index (χ4n) is 3.75. The molecule has 0 aromatic heterocycles. The highest BCUT2D eigenvalue weighted by molar-refractivity contribution is 7.89. The van der Waals surface area contributed by atoms with E-state index in [9.17, 15) is 26.4 Å². The summed E-state index contributed by atoms with van der Waals surface area (Å²) in [6.07, 6.45) is -6.49. The van der Waals surface area contributed by atoms with Crippen molar-refractivity contribution in [2.75, 3.05) is 31.1 Å². The quantitative estimate of drug-likeness (QED) is 0.668. The molecule has 2 aromatic carbocycles. The van der Waals surface area contributed by atoms with E-state index in [2.05, 4.69) is 4.90 Å². The van der Waals surface area contributed by atoms with Crippen molar-refractivity contribution in [3.63, 3.8) is 0 Å². The smallest absolute Gasteiger partial charge is 0.372 e. The molecule has 1 amide bonds. The number of alkyl halides is 3. The van der Waals surface area contributed by atoms with E-state index >= 15 is 0 Å². The van der Waals surface area contributed by atoms with Crippen molar-refractivity contribution in [1.29, 1.82) is 0 Å². The molecule has 1 heterocycles. The summed E-state index contributed by atoms with van der Waals surface area (Å²) in [4.78, 5) is 14.7. The zero-order chi connectivity index (χ0) is 22.8. The molecule has 10 heteroatoms. The van der Waals surface area contributed by atoms with Gasteiger partial charge < -0.3 is 9.80 Å². The van der Waals surface area contributed by atoms with E-state index in [0.29, 0.717) is 10.5 Å². The van der Waals surface area contributed by atoms with Crippen LogP contribution in [0.2, 0.25) is 0 Å². The molecule has 3 rings (SSSR count). The Morgan fingerprint density at radius 3 is 2.10 bits per heavy atom. The van der Waals surface area contributed by atoms with E-state index < -0.39 is 28.3 Å². The van der Waals surface area contributed by atoms with Gasteiger partial charge in [-0.05, 0) is 43.7 Å². The minimum atomic E-state index is -5.11. The van der Waals surface area contributed by atoms with Crippen molar-refractivity contribution in [3.8, 4) is 0 Å². The molecule has 1 saturated heterocycles. The van der Waals surface area contributed by atoms with Crippen LogP contribution >= 0.6 is 0 Å². The Kier molecular flexibility index (Phi) is 6.61. The zero-order valence-electron chi connectivity index (χ0n) is 17.2. The van der Waals surface area contributed by atoms with Crippen molar-refractivity contribution in [1.82, 2.24) is 9.21 Å². The normalized spacial score (nSPS) is 17.7. The highest BCUT2D eigenvalue weighted by Gasteiger charge is 2.51. The largest absolute Gasteiger partial charge is 0.471 e. The van der Waals surface area contributed by atoms with E-state index in [-0.39, 0.29) is 18.0 Å². The van der Waals surface area contributed by atoms with E-state index in [1.165, 1.54) is 24.3 Å². The van der Waals surface area contributed by atoms with Gasteiger partial charge in [-0.1, -0.05) is 30.3 Å². The van der Waals surface area contributed by atoms with Crippen LogP contribution < -0.4 is 4.90 Å². The molecule has 0 bridgehead atoms. The van der Waals surface area contributed by atoms with Crippen LogP contribution in [-0.4, -0.2) is 55.9 Å². The summed E-state index contributed by atoms with van der Waals surface area (Å²) in [5.74, 6) is -2.06. The number of sulfonamides is 1. The molecule has 1 fully saturated rings. The van der Waals surface area contributed by atoms with Crippen molar-refractivity contribution >= 4 is 21.6 Å². The molecule has 168 valence electrons. The molecule has 1 atom stereocenters. The molecule has 1 aliphatic rings. The molecule has 1 unspecified atom stereocenters. The molecule has 6 nitrogen and oxygen atoms in total. The number of anilines is 1. The van der Waals surface area contributed by atoms with Crippen LogP contribution in [0.15, 0.2) is 59.5 Å². The van der Waals surface area contributed by atoms with E-state index in [0.717, 1.165) is 23.1 Å². The van der Waals surface area contributed by atoms with Gasteiger partial charge in [-0.25, -0.2) is 8.42 Å². The third-order valence-electron chi connectivity index (χ3n) is 5.30. The lowest BCUT2D eigenvalue weighted by atomic mass is 10.1. The Bertz CT molecular complexity index is 1010. The molecular weight excluding hydrogens is 431 g/mol. The first-order chi connectivity index (χ1) is 14.6. The summed E-state index contributed by atoms with van der Waals surface area (Å²) in [7, 11) is -4.12. The second-order valence-electron chi connectivity index (χ2n) is 7.06. The molecule has 0 saturated carbocycles. The number of nitrogens with zero attached hydrogens (tertiary/aromatic N) is 3. The first kappa shape index (κ1) is 23.1. The maximum atomic E-state index is 13.2. The minimum absolute atomic E-state index is 0.0407. The molecule has 0 radical (unpaired) electrons. The molecular formula is C21H24F3N3O3S. The number of halogens is 3. The van der Waals surface area contributed by atoms with Gasteiger partial charge in [0.05, 0.1) is 4.90 Å². The standard InChI is InChI=1S/C21H24F3N3O3S/c1-3-25(4-2)17-12-10-16(11-13-17)19-26(20(28)21(22,23)24)14-15-27(19)31(29,30)18-8-6-5-7-9-18/h5-13,19H,3-4,14-15H2,1-2H3. The van der Waals surface area contributed by atoms with Crippen molar-refractivity contribution in [2.45, 2.75) is 31.1 Å². The molecule has 0 spiro atoms. The van der Waals surface area contributed by atoms with Gasteiger partial charge in [0.1, 0.15) is 6.17 Å². The Labute approximate surface area is 179 Å². The highest BCUT2D eigenvalue weighted by Crippen LogP contribution is 2.38. The van der Waals surface area contributed by atoms with Crippen LogP contribution in [0.3, 0.4) is 0 Å². The first-order valence-corrected chi connectivity index (χ1v) is 11.3. The van der Waals surface area contributed by atoms with Gasteiger partial charge in [0.15, 0.2) is 0 Å². The number of rotatable bonds is 6. The van der Waals surface area contributed by atoms with Crippen molar-refractivity contribution in [3.05, 3.63) is 60.2 Å². The zero-order valence-corrected chi connectivity index (χ0v) is 18.0. The fourth-order valence-corrected chi connectivity index (χ4v) is 5.35. The van der Waals surface area contributed by atoms with Crippen LogP contribution in [0.1, 0.15) is 25.6 Å². The minimum Gasteiger partial charge on any atom is -0.372 e. The van der Waals surface area contributed by atoms with Crippen LogP contribution in [0.5, 0.6) is 0 Å². The average molecular weight is 456 g/mol. The third-order valence-corrected chi connectivity index (χ3v) is 7.17. The number of benzene rings is 2.